The van der Waals surface area contributed by atoms with Crippen LogP contribution in [-0.2, 0) is 6.42 Å². The molecular formula is C18H22BrNO. The summed E-state index contributed by atoms with van der Waals surface area (Å²) >= 11 is 3.55. The highest BCUT2D eigenvalue weighted by molar-refractivity contribution is 9.10. The summed E-state index contributed by atoms with van der Waals surface area (Å²) in [7, 11) is 1.68. The summed E-state index contributed by atoms with van der Waals surface area (Å²) in [6.07, 6.45) is 1.03. The molecule has 1 N–H and O–H groups in total. The van der Waals surface area contributed by atoms with Gasteiger partial charge in [0, 0.05) is 11.7 Å². The molecule has 2 rings (SSSR count). The SMILES string of the molecule is CCc1cccc(C)c1NC(C)c1ccc(OC)c(Br)c1. The van der Waals surface area contributed by atoms with Gasteiger partial charge in [-0.05, 0) is 65.0 Å². The Morgan fingerprint density at radius 1 is 1.24 bits per heavy atom. The molecule has 2 nitrogen and oxygen atoms in total. The monoisotopic (exact) mass is 347 g/mol. The fourth-order valence-electron chi connectivity index (χ4n) is 2.48. The summed E-state index contributed by atoms with van der Waals surface area (Å²) in [6.45, 7) is 6.52. The van der Waals surface area contributed by atoms with Crippen molar-refractivity contribution in [1.82, 2.24) is 0 Å². The van der Waals surface area contributed by atoms with Crippen molar-refractivity contribution in [3.8, 4) is 5.75 Å². The van der Waals surface area contributed by atoms with Crippen molar-refractivity contribution in [2.75, 3.05) is 12.4 Å². The summed E-state index contributed by atoms with van der Waals surface area (Å²) in [5, 5.41) is 3.65. The summed E-state index contributed by atoms with van der Waals surface area (Å²) in [4.78, 5) is 0. The largest absolute Gasteiger partial charge is 0.496 e. The molecule has 0 aliphatic rings. The Hall–Kier alpha value is -1.48. The summed E-state index contributed by atoms with van der Waals surface area (Å²) in [5.41, 5.74) is 5.12. The lowest BCUT2D eigenvalue weighted by atomic mass is 10.0. The number of hydrogen-bond donors (Lipinski definition) is 1. The van der Waals surface area contributed by atoms with Gasteiger partial charge in [-0.3, -0.25) is 0 Å². The van der Waals surface area contributed by atoms with Gasteiger partial charge in [0.25, 0.3) is 0 Å². The molecule has 2 aromatic carbocycles. The van der Waals surface area contributed by atoms with Crippen molar-refractivity contribution in [1.29, 1.82) is 0 Å². The number of rotatable bonds is 5. The maximum atomic E-state index is 5.29. The Labute approximate surface area is 135 Å². The lowest BCUT2D eigenvalue weighted by molar-refractivity contribution is 0.412. The van der Waals surface area contributed by atoms with Crippen LogP contribution in [0.3, 0.4) is 0 Å². The first-order valence-electron chi connectivity index (χ1n) is 7.25. The highest BCUT2D eigenvalue weighted by atomic mass is 79.9. The van der Waals surface area contributed by atoms with Gasteiger partial charge in [0.1, 0.15) is 5.75 Å². The first-order valence-corrected chi connectivity index (χ1v) is 8.04. The van der Waals surface area contributed by atoms with E-state index in [-0.39, 0.29) is 6.04 Å². The third-order valence-electron chi connectivity index (χ3n) is 3.78. The number of methoxy groups -OCH3 is 1. The summed E-state index contributed by atoms with van der Waals surface area (Å²) in [5.74, 6) is 0.857. The van der Waals surface area contributed by atoms with E-state index in [0.29, 0.717) is 0 Å². The molecule has 0 fully saturated rings. The van der Waals surface area contributed by atoms with E-state index in [0.717, 1.165) is 16.6 Å². The van der Waals surface area contributed by atoms with Gasteiger partial charge in [0.2, 0.25) is 0 Å². The zero-order valence-electron chi connectivity index (χ0n) is 13.0. The van der Waals surface area contributed by atoms with Gasteiger partial charge in [0.05, 0.1) is 11.6 Å². The maximum Gasteiger partial charge on any atom is 0.133 e. The Kier molecular flexibility index (Phi) is 5.29. The average Bonchev–Trinajstić information content (AvgIpc) is 2.49. The molecule has 0 saturated heterocycles. The van der Waals surface area contributed by atoms with Crippen LogP contribution in [0.1, 0.15) is 36.6 Å². The molecule has 21 heavy (non-hydrogen) atoms. The normalized spacial score (nSPS) is 12.0. The predicted molar refractivity (Wildman–Crippen MR) is 93.3 cm³/mol. The van der Waals surface area contributed by atoms with Crippen molar-refractivity contribution in [2.45, 2.75) is 33.2 Å². The highest BCUT2D eigenvalue weighted by Gasteiger charge is 2.11. The smallest absolute Gasteiger partial charge is 0.133 e. The molecule has 2 aromatic rings. The van der Waals surface area contributed by atoms with E-state index in [1.165, 1.54) is 22.4 Å². The molecule has 0 spiro atoms. The molecule has 1 unspecified atom stereocenters. The molecule has 0 amide bonds. The standard InChI is InChI=1S/C18H22BrNO/c1-5-14-8-6-7-12(2)18(14)20-13(3)15-9-10-17(21-4)16(19)11-15/h6-11,13,20H,5H2,1-4H3. The lowest BCUT2D eigenvalue weighted by Crippen LogP contribution is -2.09. The van der Waals surface area contributed by atoms with Gasteiger partial charge in [-0.25, -0.2) is 0 Å². The second-order valence-electron chi connectivity index (χ2n) is 5.22. The maximum absolute atomic E-state index is 5.29. The average molecular weight is 348 g/mol. The Bertz CT molecular complexity index is 625. The van der Waals surface area contributed by atoms with Gasteiger partial charge < -0.3 is 10.1 Å². The fourth-order valence-corrected chi connectivity index (χ4v) is 3.04. The number of benzene rings is 2. The number of nitrogens with one attached hydrogen (secondary N) is 1. The van der Waals surface area contributed by atoms with Crippen LogP contribution < -0.4 is 10.1 Å². The van der Waals surface area contributed by atoms with Gasteiger partial charge in [-0.2, -0.15) is 0 Å². The molecule has 0 aliphatic heterocycles. The van der Waals surface area contributed by atoms with E-state index >= 15 is 0 Å². The molecule has 0 bridgehead atoms. The van der Waals surface area contributed by atoms with Crippen LogP contribution in [0.5, 0.6) is 5.75 Å². The van der Waals surface area contributed by atoms with Crippen LogP contribution in [0.15, 0.2) is 40.9 Å². The van der Waals surface area contributed by atoms with Gasteiger partial charge in [0.15, 0.2) is 0 Å². The van der Waals surface area contributed by atoms with E-state index in [1.54, 1.807) is 7.11 Å². The summed E-state index contributed by atoms with van der Waals surface area (Å²) < 4.78 is 6.27. The number of hydrogen-bond acceptors (Lipinski definition) is 2. The van der Waals surface area contributed by atoms with Crippen molar-refractivity contribution in [3.63, 3.8) is 0 Å². The van der Waals surface area contributed by atoms with Gasteiger partial charge in [-0.1, -0.05) is 31.2 Å². The minimum atomic E-state index is 0.235. The van der Waals surface area contributed by atoms with Crippen LogP contribution in [0, 0.1) is 6.92 Å². The van der Waals surface area contributed by atoms with E-state index in [1.807, 2.05) is 6.07 Å². The van der Waals surface area contributed by atoms with Gasteiger partial charge >= 0.3 is 0 Å². The molecule has 0 aromatic heterocycles. The molecule has 0 radical (unpaired) electrons. The molecule has 0 heterocycles. The van der Waals surface area contributed by atoms with E-state index < -0.39 is 0 Å². The number of ether oxygens (including phenoxy) is 1. The van der Waals surface area contributed by atoms with E-state index in [4.69, 9.17) is 4.74 Å². The van der Waals surface area contributed by atoms with E-state index in [2.05, 4.69) is 72.3 Å². The van der Waals surface area contributed by atoms with Crippen molar-refractivity contribution >= 4 is 21.6 Å². The minimum Gasteiger partial charge on any atom is -0.496 e. The molecule has 0 aliphatic carbocycles. The topological polar surface area (TPSA) is 21.3 Å². The zero-order chi connectivity index (χ0) is 15.4. The second kappa shape index (κ2) is 6.99. The van der Waals surface area contributed by atoms with Crippen LogP contribution in [-0.4, -0.2) is 7.11 Å². The minimum absolute atomic E-state index is 0.235. The molecular weight excluding hydrogens is 326 g/mol. The quantitative estimate of drug-likeness (QED) is 0.770. The Morgan fingerprint density at radius 3 is 2.62 bits per heavy atom. The first kappa shape index (κ1) is 15.9. The van der Waals surface area contributed by atoms with E-state index in [9.17, 15) is 0 Å². The number of aryl methyl sites for hydroxylation is 2. The number of para-hydroxylation sites is 1. The molecule has 0 saturated carbocycles. The lowest BCUT2D eigenvalue weighted by Gasteiger charge is -2.21. The molecule has 3 heteroatoms. The van der Waals surface area contributed by atoms with Crippen molar-refractivity contribution in [3.05, 3.63) is 57.6 Å². The Morgan fingerprint density at radius 2 is 2.00 bits per heavy atom. The van der Waals surface area contributed by atoms with Crippen LogP contribution in [0.25, 0.3) is 0 Å². The molecule has 1 atom stereocenters. The first-order chi connectivity index (χ1) is 10.1. The predicted octanol–water partition coefficient (Wildman–Crippen LogP) is 5.50. The van der Waals surface area contributed by atoms with Crippen LogP contribution in [0.2, 0.25) is 0 Å². The van der Waals surface area contributed by atoms with Crippen molar-refractivity contribution < 1.29 is 4.74 Å². The van der Waals surface area contributed by atoms with Gasteiger partial charge in [-0.15, -0.1) is 0 Å². The second-order valence-corrected chi connectivity index (χ2v) is 6.08. The third kappa shape index (κ3) is 3.59. The fraction of sp³-hybridized carbons (Fsp3) is 0.333. The Balaban J connectivity index is 2.26. The van der Waals surface area contributed by atoms with Crippen molar-refractivity contribution in [2.24, 2.45) is 0 Å². The number of halogens is 1. The summed E-state index contributed by atoms with van der Waals surface area (Å²) in [6, 6.07) is 12.9. The molecule has 112 valence electrons. The zero-order valence-corrected chi connectivity index (χ0v) is 14.6. The third-order valence-corrected chi connectivity index (χ3v) is 4.40. The van der Waals surface area contributed by atoms with Crippen LogP contribution in [0.4, 0.5) is 5.69 Å². The highest BCUT2D eigenvalue weighted by Crippen LogP contribution is 2.31. The number of anilines is 1. The van der Waals surface area contributed by atoms with Crippen LogP contribution >= 0.6 is 15.9 Å².